The molecule has 2 aromatic rings. The molecule has 0 unspecified atom stereocenters. The van der Waals surface area contributed by atoms with Crippen molar-refractivity contribution < 1.29 is 44.6 Å². The molecular formula is C26H38N5NaO3. The van der Waals surface area contributed by atoms with Gasteiger partial charge in [0.2, 0.25) is 0 Å². The molecule has 2 aliphatic heterocycles. The number of likely N-dealkylation sites (tertiary alicyclic amines) is 1. The molecule has 1 fully saturated rings. The number of ether oxygens (including phenoxy) is 1. The minimum Gasteiger partial charge on any atom is -0.870 e. The number of rotatable bonds is 11. The fraction of sp³-hybridized carbons (Fsp3) is 0.577. The molecule has 0 radical (unpaired) electrons. The fourth-order valence-electron chi connectivity index (χ4n) is 4.63. The number of pyridine rings is 2. The van der Waals surface area contributed by atoms with E-state index >= 15 is 0 Å². The summed E-state index contributed by atoms with van der Waals surface area (Å²) in [7, 11) is 0. The van der Waals surface area contributed by atoms with Crippen LogP contribution in [-0.2, 0) is 28.9 Å². The second kappa shape index (κ2) is 14.9. The van der Waals surface area contributed by atoms with Crippen LogP contribution in [0.5, 0.6) is 0 Å². The van der Waals surface area contributed by atoms with E-state index in [1.54, 1.807) is 0 Å². The van der Waals surface area contributed by atoms with Gasteiger partial charge in [0.05, 0.1) is 13.0 Å². The van der Waals surface area contributed by atoms with Gasteiger partial charge < -0.3 is 20.4 Å². The van der Waals surface area contributed by atoms with E-state index in [1.165, 1.54) is 23.2 Å². The van der Waals surface area contributed by atoms with E-state index in [0.717, 1.165) is 70.0 Å². The molecule has 9 heteroatoms. The van der Waals surface area contributed by atoms with E-state index in [-0.39, 0.29) is 41.0 Å². The second-order valence-corrected chi connectivity index (χ2v) is 9.19. The third-order valence-corrected chi connectivity index (χ3v) is 6.58. The van der Waals surface area contributed by atoms with Gasteiger partial charge in [-0.25, -0.2) is 4.98 Å². The Labute approximate surface area is 231 Å². The first-order valence-electron chi connectivity index (χ1n) is 12.4. The number of aryl methyl sites for hydroxylation is 3. The van der Waals surface area contributed by atoms with E-state index in [4.69, 9.17) is 9.72 Å². The smallest absolute Gasteiger partial charge is 0.870 e. The van der Waals surface area contributed by atoms with Gasteiger partial charge in [0.1, 0.15) is 5.82 Å². The molecule has 0 spiro atoms. The average Bonchev–Trinajstić information content (AvgIpc) is 2.80. The number of nitrogens with zero attached hydrogens (tertiary/aromatic N) is 4. The van der Waals surface area contributed by atoms with Gasteiger partial charge in [-0.1, -0.05) is 12.1 Å². The quantitative estimate of drug-likeness (QED) is 0.348. The Kier molecular flexibility index (Phi) is 12.6. The maximum Gasteiger partial charge on any atom is 1.00 e. The van der Waals surface area contributed by atoms with Crippen LogP contribution in [0.2, 0.25) is 0 Å². The summed E-state index contributed by atoms with van der Waals surface area (Å²) in [5.74, 6) is 0.971. The summed E-state index contributed by atoms with van der Waals surface area (Å²) in [5, 5.41) is 3.43. The summed E-state index contributed by atoms with van der Waals surface area (Å²) in [4.78, 5) is 26.1. The van der Waals surface area contributed by atoms with E-state index < -0.39 is 0 Å². The molecule has 2 aromatic heterocycles. The number of aromatic nitrogens is 2. The minimum atomic E-state index is -0.118. The summed E-state index contributed by atoms with van der Waals surface area (Å²) in [6.07, 6.45) is 6.84. The molecule has 0 saturated carbocycles. The van der Waals surface area contributed by atoms with Gasteiger partial charge >= 0.3 is 35.5 Å². The number of nitrogens with one attached hydrogen (secondary N) is 1. The molecule has 4 heterocycles. The number of anilines is 1. The molecule has 2 aliphatic rings. The summed E-state index contributed by atoms with van der Waals surface area (Å²) in [6, 6.07) is 9.08. The van der Waals surface area contributed by atoms with Crippen LogP contribution in [0.3, 0.4) is 0 Å². The molecule has 0 aliphatic carbocycles. The van der Waals surface area contributed by atoms with Crippen LogP contribution in [-0.4, -0.2) is 76.6 Å². The van der Waals surface area contributed by atoms with Crippen LogP contribution in [0.25, 0.3) is 0 Å². The summed E-state index contributed by atoms with van der Waals surface area (Å²) >= 11 is 0. The molecule has 0 bridgehead atoms. The van der Waals surface area contributed by atoms with Crippen molar-refractivity contribution in [3.63, 3.8) is 0 Å². The van der Waals surface area contributed by atoms with Crippen LogP contribution in [0, 0.1) is 6.92 Å². The number of fused-ring (bicyclic) bond motifs is 1. The molecule has 1 saturated heterocycles. The Bertz CT molecular complexity index is 922. The normalized spacial score (nSPS) is 15.3. The van der Waals surface area contributed by atoms with Crippen molar-refractivity contribution in [3.8, 4) is 0 Å². The zero-order valence-electron chi connectivity index (χ0n) is 21.5. The SMILES string of the molecule is CCOC(=O)CCN(Cc1ccc(C)nc1)C1CN(CCCc2ccc3c(n2)NCCC3)C1.[Na+].[OH-]. The van der Waals surface area contributed by atoms with Crippen LogP contribution < -0.4 is 34.9 Å². The number of carbonyl (C=O) groups excluding carboxylic acids is 1. The van der Waals surface area contributed by atoms with Crippen molar-refractivity contribution in [1.29, 1.82) is 0 Å². The van der Waals surface area contributed by atoms with Crippen molar-refractivity contribution >= 4 is 11.8 Å². The molecular weight excluding hydrogens is 453 g/mol. The molecule has 0 amide bonds. The number of esters is 1. The first kappa shape index (κ1) is 29.7. The van der Waals surface area contributed by atoms with Gasteiger partial charge in [-0.2, -0.15) is 0 Å². The van der Waals surface area contributed by atoms with E-state index in [1.807, 2.05) is 20.0 Å². The van der Waals surface area contributed by atoms with Crippen molar-refractivity contribution in [2.75, 3.05) is 44.6 Å². The molecule has 4 rings (SSSR count). The zero-order valence-corrected chi connectivity index (χ0v) is 23.5. The maximum absolute atomic E-state index is 11.9. The van der Waals surface area contributed by atoms with Crippen molar-refractivity contribution in [2.24, 2.45) is 0 Å². The second-order valence-electron chi connectivity index (χ2n) is 9.19. The summed E-state index contributed by atoms with van der Waals surface area (Å²) < 4.78 is 5.14. The van der Waals surface area contributed by atoms with E-state index in [2.05, 4.69) is 44.4 Å². The molecule has 35 heavy (non-hydrogen) atoms. The summed E-state index contributed by atoms with van der Waals surface area (Å²) in [5.41, 5.74) is 4.75. The topological polar surface area (TPSA) is 101 Å². The van der Waals surface area contributed by atoms with Crippen molar-refractivity contribution in [3.05, 3.63) is 53.0 Å². The Morgan fingerprint density at radius 1 is 1.26 bits per heavy atom. The number of hydrogen-bond donors (Lipinski definition) is 1. The van der Waals surface area contributed by atoms with Gasteiger partial charge in [-0.05, 0) is 69.3 Å². The van der Waals surface area contributed by atoms with Crippen molar-refractivity contribution in [2.45, 2.75) is 58.5 Å². The Morgan fingerprint density at radius 2 is 2.09 bits per heavy atom. The minimum absolute atomic E-state index is 0. The van der Waals surface area contributed by atoms with Crippen LogP contribution in [0.1, 0.15) is 48.7 Å². The van der Waals surface area contributed by atoms with E-state index in [9.17, 15) is 4.79 Å². The first-order chi connectivity index (χ1) is 16.1. The van der Waals surface area contributed by atoms with Crippen molar-refractivity contribution in [1.82, 2.24) is 19.8 Å². The maximum atomic E-state index is 11.9. The standard InChI is InChI=1S/C26H37N5O2.Na.H2O/c1-3-33-25(32)12-15-31(17-21-9-8-20(2)28-16-21)24-18-30(19-24)14-5-7-23-11-10-22-6-4-13-27-26(22)29-23;;/h8-11,16,24H,3-7,12-15,17-19H2,1-2H3,(H,27,29);;1H2/q;+1;/p-1. The predicted octanol–water partition coefficient (Wildman–Crippen LogP) is 0.0425. The van der Waals surface area contributed by atoms with Crippen LogP contribution in [0.4, 0.5) is 5.82 Å². The predicted molar refractivity (Wildman–Crippen MR) is 132 cm³/mol. The van der Waals surface area contributed by atoms with Crippen LogP contribution in [0.15, 0.2) is 30.5 Å². The molecule has 2 N–H and O–H groups in total. The van der Waals surface area contributed by atoms with E-state index in [0.29, 0.717) is 19.1 Å². The number of hydrogen-bond acceptors (Lipinski definition) is 8. The Hall–Kier alpha value is -1.55. The van der Waals surface area contributed by atoms with Gasteiger partial charge in [-0.3, -0.25) is 14.7 Å². The third kappa shape index (κ3) is 8.81. The Morgan fingerprint density at radius 3 is 2.83 bits per heavy atom. The van der Waals surface area contributed by atoms with Crippen LogP contribution >= 0.6 is 0 Å². The average molecular weight is 492 g/mol. The summed E-state index contributed by atoms with van der Waals surface area (Å²) in [6.45, 7) is 10.0. The van der Waals surface area contributed by atoms with Gasteiger partial charge in [0, 0.05) is 56.4 Å². The third-order valence-electron chi connectivity index (χ3n) is 6.58. The van der Waals surface area contributed by atoms with Gasteiger partial charge in [0.15, 0.2) is 0 Å². The zero-order chi connectivity index (χ0) is 23.0. The molecule has 8 nitrogen and oxygen atoms in total. The fourth-order valence-corrected chi connectivity index (χ4v) is 4.63. The molecule has 186 valence electrons. The largest absolute Gasteiger partial charge is 1.00 e. The molecule has 0 aromatic carbocycles. The number of carbonyl (C=O) groups is 1. The Balaban J connectivity index is 0.00000216. The molecule has 0 atom stereocenters. The van der Waals surface area contributed by atoms with Gasteiger partial charge in [-0.15, -0.1) is 0 Å². The first-order valence-corrected chi connectivity index (χ1v) is 12.4. The van der Waals surface area contributed by atoms with Gasteiger partial charge in [0.25, 0.3) is 0 Å². The monoisotopic (exact) mass is 491 g/mol.